The molecule has 0 aromatic carbocycles. The summed E-state index contributed by atoms with van der Waals surface area (Å²) in [5.41, 5.74) is 0.664. The molecule has 196 valence electrons. The molecule has 0 heterocycles. The van der Waals surface area contributed by atoms with Crippen molar-refractivity contribution < 1.29 is 8.42 Å². The summed E-state index contributed by atoms with van der Waals surface area (Å²) in [6.07, 6.45) is 4.71. The van der Waals surface area contributed by atoms with Gasteiger partial charge in [-0.1, -0.05) is 76.2 Å². The van der Waals surface area contributed by atoms with E-state index in [2.05, 4.69) is 88.3 Å². The molecular weight excluding hydrogens is 428 g/mol. The highest BCUT2D eigenvalue weighted by Gasteiger charge is 2.34. The molecule has 0 aliphatic carbocycles. The third kappa shape index (κ3) is 23.9. The van der Waals surface area contributed by atoms with Crippen molar-refractivity contribution in [1.82, 2.24) is 0 Å². The lowest BCUT2D eigenvalue weighted by Crippen LogP contribution is -2.35. The molecule has 0 fully saturated rings. The summed E-state index contributed by atoms with van der Waals surface area (Å²) in [6.45, 7) is 31.1. The Balaban J connectivity index is -0.000000411. The molecule has 0 bridgehead atoms. The molecule has 0 aliphatic rings. The van der Waals surface area contributed by atoms with E-state index in [0.717, 1.165) is 12.8 Å². The van der Waals surface area contributed by atoms with Crippen LogP contribution in [0.15, 0.2) is 0 Å². The maximum Gasteiger partial charge on any atom is 0.152 e. The van der Waals surface area contributed by atoms with Gasteiger partial charge < -0.3 is 0 Å². The molecule has 0 aliphatic heterocycles. The minimum Gasteiger partial charge on any atom is -0.229 e. The molecule has 0 unspecified atom stereocenters. The first-order valence-corrected chi connectivity index (χ1v) is 13.9. The molecule has 0 aromatic rings. The number of sulfone groups is 1. The predicted molar refractivity (Wildman–Crippen MR) is 145 cm³/mol. The summed E-state index contributed by atoms with van der Waals surface area (Å²) in [5.74, 6) is 0. The van der Waals surface area contributed by atoms with Crippen LogP contribution in [0.3, 0.4) is 0 Å². The fourth-order valence-electron chi connectivity index (χ4n) is 4.49. The van der Waals surface area contributed by atoms with Crippen LogP contribution in [-0.2, 0) is 9.84 Å². The van der Waals surface area contributed by atoms with Gasteiger partial charge in [0.05, 0.1) is 22.3 Å². The molecule has 0 aromatic heterocycles. The Morgan fingerprint density at radius 3 is 1.09 bits per heavy atom. The molecule has 0 saturated heterocycles. The van der Waals surface area contributed by atoms with Crippen molar-refractivity contribution in [2.45, 2.75) is 134 Å². The predicted octanol–water partition coefficient (Wildman–Crippen LogP) is 8.58. The minimum atomic E-state index is -2.94. The first kappa shape index (κ1) is 36.5. The lowest BCUT2D eigenvalue weighted by Gasteiger charge is -2.30. The monoisotopic (exact) mass is 484 g/mol. The molecule has 5 heteroatoms. The minimum absolute atomic E-state index is 0.0621. The Bertz CT molecular complexity index is 755. The largest absolute Gasteiger partial charge is 0.229 e. The lowest BCUT2D eigenvalue weighted by atomic mass is 9.75. The highest BCUT2D eigenvalue weighted by Crippen LogP contribution is 2.35. The van der Waals surface area contributed by atoms with E-state index in [-0.39, 0.29) is 21.7 Å². The highest BCUT2D eigenvalue weighted by atomic mass is 32.2. The van der Waals surface area contributed by atoms with Gasteiger partial charge in [-0.05, 0) is 68.6 Å². The number of hydrogen-bond acceptors (Lipinski definition) is 4. The molecule has 33 heavy (non-hydrogen) atoms. The van der Waals surface area contributed by atoms with Crippen LogP contribution in [0.5, 0.6) is 0 Å². The molecular formula is C28H56N2O2S. The quantitative estimate of drug-likeness (QED) is 0.391. The molecule has 0 rings (SSSR count). The Kier molecular flexibility index (Phi) is 13.9. The van der Waals surface area contributed by atoms with Gasteiger partial charge in [0, 0.05) is 12.7 Å². The SMILES string of the molecule is CC(C)(C)CC(C)(C)C#N.CC(C)(C)CC(C)(C)CC#N.CC(C)(C)CC(C)(C)S(C)(=O)=O. The number of nitrogens with zero attached hydrogens (tertiary/aromatic N) is 2. The Labute approximate surface area is 208 Å². The third-order valence-electron chi connectivity index (χ3n) is 4.80. The van der Waals surface area contributed by atoms with E-state index < -0.39 is 14.6 Å². The van der Waals surface area contributed by atoms with Crippen LogP contribution in [0.25, 0.3) is 0 Å². The fraction of sp³-hybridized carbons (Fsp3) is 0.929. The first-order valence-electron chi connectivity index (χ1n) is 12.0. The summed E-state index contributed by atoms with van der Waals surface area (Å²) in [4.78, 5) is 0. The molecule has 0 amide bonds. The van der Waals surface area contributed by atoms with Crippen LogP contribution in [0, 0.1) is 49.7 Å². The molecule has 0 atom stereocenters. The van der Waals surface area contributed by atoms with Gasteiger partial charge in [-0.3, -0.25) is 0 Å². The number of rotatable bonds is 5. The Hall–Kier alpha value is -1.07. The van der Waals surface area contributed by atoms with Crippen molar-refractivity contribution in [2.24, 2.45) is 27.1 Å². The van der Waals surface area contributed by atoms with Crippen molar-refractivity contribution in [3.8, 4) is 12.1 Å². The summed E-state index contributed by atoms with van der Waals surface area (Å²) >= 11 is 0. The van der Waals surface area contributed by atoms with Gasteiger partial charge in [0.25, 0.3) is 0 Å². The summed E-state index contributed by atoms with van der Waals surface area (Å²) in [7, 11) is -2.94. The number of hydrogen-bond donors (Lipinski definition) is 0. The van der Waals surface area contributed by atoms with Crippen LogP contribution >= 0.6 is 0 Å². The maximum atomic E-state index is 11.3. The summed E-state index contributed by atoms with van der Waals surface area (Å²) in [6, 6.07) is 4.53. The molecule has 0 saturated carbocycles. The van der Waals surface area contributed by atoms with E-state index in [1.807, 2.05) is 13.8 Å². The molecule has 0 radical (unpaired) electrons. The average Bonchev–Trinajstić information content (AvgIpc) is 2.39. The smallest absolute Gasteiger partial charge is 0.152 e. The van der Waals surface area contributed by atoms with Crippen LogP contribution < -0.4 is 0 Å². The van der Waals surface area contributed by atoms with Gasteiger partial charge in [-0.25, -0.2) is 8.42 Å². The van der Waals surface area contributed by atoms with Crippen molar-refractivity contribution >= 4 is 9.84 Å². The van der Waals surface area contributed by atoms with Crippen LogP contribution in [0.2, 0.25) is 0 Å². The van der Waals surface area contributed by atoms with E-state index >= 15 is 0 Å². The highest BCUT2D eigenvalue weighted by molar-refractivity contribution is 7.92. The average molecular weight is 485 g/mol. The normalized spacial score (nSPS) is 13.5. The van der Waals surface area contributed by atoms with Crippen LogP contribution in [0.4, 0.5) is 0 Å². The van der Waals surface area contributed by atoms with E-state index in [4.69, 9.17) is 10.5 Å². The van der Waals surface area contributed by atoms with Gasteiger partial charge in [0.1, 0.15) is 0 Å². The van der Waals surface area contributed by atoms with Gasteiger partial charge in [0.15, 0.2) is 9.84 Å². The van der Waals surface area contributed by atoms with Crippen LogP contribution in [-0.4, -0.2) is 19.4 Å². The van der Waals surface area contributed by atoms with E-state index in [9.17, 15) is 8.42 Å². The van der Waals surface area contributed by atoms with Crippen LogP contribution in [0.1, 0.15) is 130 Å². The second-order valence-corrected chi connectivity index (χ2v) is 17.9. The second kappa shape index (κ2) is 12.6. The summed E-state index contributed by atoms with van der Waals surface area (Å²) < 4.78 is 22.1. The van der Waals surface area contributed by atoms with E-state index in [1.165, 1.54) is 6.26 Å². The Morgan fingerprint density at radius 1 is 0.606 bits per heavy atom. The zero-order chi connectivity index (χ0) is 27.7. The Morgan fingerprint density at radius 2 is 0.939 bits per heavy atom. The van der Waals surface area contributed by atoms with E-state index in [0.29, 0.717) is 18.3 Å². The summed E-state index contributed by atoms with van der Waals surface area (Å²) in [5, 5.41) is 17.3. The first-order chi connectivity index (χ1) is 14.0. The van der Waals surface area contributed by atoms with Crippen molar-refractivity contribution in [3.63, 3.8) is 0 Å². The topological polar surface area (TPSA) is 81.7 Å². The van der Waals surface area contributed by atoms with Crippen molar-refractivity contribution in [1.29, 1.82) is 10.5 Å². The zero-order valence-corrected chi connectivity index (χ0v) is 25.8. The van der Waals surface area contributed by atoms with Gasteiger partial charge in [-0.15, -0.1) is 0 Å². The molecule has 0 N–H and O–H groups in total. The standard InChI is InChI=1S/C10H19N.C9H17N.C9H20O2S/c1-9(2,3)8-10(4,5)6-7-11;1-8(2,3)6-9(4,5)7-10;1-8(2,3)7-9(4,5)12(6,10)11/h6,8H2,1-5H3;6H2,1-5H3;7H2,1-6H3. The van der Waals surface area contributed by atoms with Gasteiger partial charge in [0.2, 0.25) is 0 Å². The fourth-order valence-corrected chi connectivity index (χ4v) is 5.18. The van der Waals surface area contributed by atoms with Crippen molar-refractivity contribution in [2.75, 3.05) is 6.26 Å². The van der Waals surface area contributed by atoms with E-state index in [1.54, 1.807) is 13.8 Å². The lowest BCUT2D eigenvalue weighted by molar-refractivity contribution is 0.217. The molecule has 0 spiro atoms. The number of nitriles is 2. The third-order valence-corrected chi connectivity index (χ3v) is 6.95. The van der Waals surface area contributed by atoms with Gasteiger partial charge >= 0.3 is 0 Å². The van der Waals surface area contributed by atoms with Crippen molar-refractivity contribution in [3.05, 3.63) is 0 Å². The zero-order valence-electron chi connectivity index (χ0n) is 24.9. The molecule has 4 nitrogen and oxygen atoms in total. The maximum absolute atomic E-state index is 11.3. The van der Waals surface area contributed by atoms with Gasteiger partial charge in [-0.2, -0.15) is 10.5 Å². The second-order valence-electron chi connectivity index (χ2n) is 15.2.